The molecule has 0 radical (unpaired) electrons. The largest absolute Gasteiger partial charge is 0.316 e. The van der Waals surface area contributed by atoms with E-state index >= 15 is 0 Å². The normalized spacial score (nSPS) is 18.8. The van der Waals surface area contributed by atoms with Crippen molar-refractivity contribution < 1.29 is 8.42 Å². The van der Waals surface area contributed by atoms with Crippen LogP contribution < -0.4 is 5.32 Å². The first kappa shape index (κ1) is 15.9. The van der Waals surface area contributed by atoms with E-state index in [0.717, 1.165) is 31.5 Å². The molecular formula is C13H23N3O2S2. The van der Waals surface area contributed by atoms with Crippen LogP contribution in [0.25, 0.3) is 0 Å². The third-order valence-corrected chi connectivity index (χ3v) is 7.22. The van der Waals surface area contributed by atoms with Crippen LogP contribution in [0, 0.1) is 0 Å². The van der Waals surface area contributed by atoms with E-state index in [-0.39, 0.29) is 6.04 Å². The summed E-state index contributed by atoms with van der Waals surface area (Å²) in [7, 11) is 2.30. The number of hydrogen-bond acceptors (Lipinski definition) is 5. The van der Waals surface area contributed by atoms with Crippen LogP contribution in [0.2, 0.25) is 0 Å². The number of nitrogens with one attached hydrogen (secondary N) is 1. The molecule has 7 heteroatoms. The summed E-state index contributed by atoms with van der Waals surface area (Å²) in [6, 6.07) is 1.90. The van der Waals surface area contributed by atoms with Gasteiger partial charge in [-0.1, -0.05) is 0 Å². The van der Waals surface area contributed by atoms with E-state index < -0.39 is 10.0 Å². The van der Waals surface area contributed by atoms with Crippen LogP contribution in [0.15, 0.2) is 15.7 Å². The van der Waals surface area contributed by atoms with Crippen molar-refractivity contribution in [3.63, 3.8) is 0 Å². The predicted molar refractivity (Wildman–Crippen MR) is 82.6 cm³/mol. The zero-order chi connectivity index (χ0) is 14.8. The van der Waals surface area contributed by atoms with Crippen molar-refractivity contribution in [2.24, 2.45) is 0 Å². The fourth-order valence-corrected chi connectivity index (χ4v) is 5.29. The molecule has 2 rings (SSSR count). The Morgan fingerprint density at radius 1 is 1.45 bits per heavy atom. The third-order valence-electron chi connectivity index (χ3n) is 3.85. The standard InChI is InChI=1S/C13H23N3O2S2/c1-14-9-11-8-13(19-10-11)20(17,18)16(3)12-4-6-15(2)7-5-12/h8,10,12,14H,4-7,9H2,1-3H3. The van der Waals surface area contributed by atoms with E-state index in [2.05, 4.69) is 17.3 Å². The summed E-state index contributed by atoms with van der Waals surface area (Å²) in [5.74, 6) is 0. The van der Waals surface area contributed by atoms with Gasteiger partial charge in [0.2, 0.25) is 0 Å². The highest BCUT2D eigenvalue weighted by atomic mass is 32.2. The van der Waals surface area contributed by atoms with Crippen LogP contribution >= 0.6 is 11.3 Å². The molecule has 1 aliphatic rings. The maximum absolute atomic E-state index is 12.6. The Kier molecular flexibility index (Phi) is 5.19. The molecular weight excluding hydrogens is 294 g/mol. The van der Waals surface area contributed by atoms with Gasteiger partial charge in [-0.25, -0.2) is 8.42 Å². The number of hydrogen-bond donors (Lipinski definition) is 1. The summed E-state index contributed by atoms with van der Waals surface area (Å²) in [5.41, 5.74) is 1.02. The molecule has 20 heavy (non-hydrogen) atoms. The van der Waals surface area contributed by atoms with Crippen molar-refractivity contribution in [2.75, 3.05) is 34.2 Å². The van der Waals surface area contributed by atoms with E-state index in [0.29, 0.717) is 10.8 Å². The second kappa shape index (κ2) is 6.53. The fourth-order valence-electron chi connectivity index (χ4n) is 2.48. The van der Waals surface area contributed by atoms with E-state index in [9.17, 15) is 8.42 Å². The van der Waals surface area contributed by atoms with Gasteiger partial charge in [0, 0.05) is 19.6 Å². The molecule has 0 bridgehead atoms. The van der Waals surface area contributed by atoms with Crippen molar-refractivity contribution in [1.82, 2.24) is 14.5 Å². The predicted octanol–water partition coefficient (Wildman–Crippen LogP) is 1.18. The van der Waals surface area contributed by atoms with Crippen molar-refractivity contribution in [3.8, 4) is 0 Å². The molecule has 0 atom stereocenters. The fraction of sp³-hybridized carbons (Fsp3) is 0.692. The Morgan fingerprint density at radius 3 is 2.70 bits per heavy atom. The number of thiophene rings is 1. The average molecular weight is 317 g/mol. The monoisotopic (exact) mass is 317 g/mol. The topological polar surface area (TPSA) is 52.7 Å². The molecule has 0 saturated carbocycles. The van der Waals surface area contributed by atoms with Crippen LogP contribution in [-0.2, 0) is 16.6 Å². The highest BCUT2D eigenvalue weighted by Gasteiger charge is 2.31. The van der Waals surface area contributed by atoms with Crippen molar-refractivity contribution >= 4 is 21.4 Å². The molecule has 5 nitrogen and oxygen atoms in total. The highest BCUT2D eigenvalue weighted by Crippen LogP contribution is 2.27. The molecule has 1 saturated heterocycles. The van der Waals surface area contributed by atoms with Gasteiger partial charge in [-0.05, 0) is 57.0 Å². The lowest BCUT2D eigenvalue weighted by Crippen LogP contribution is -2.44. The van der Waals surface area contributed by atoms with Crippen LogP contribution in [0.4, 0.5) is 0 Å². The van der Waals surface area contributed by atoms with E-state index in [1.54, 1.807) is 17.4 Å². The molecule has 0 aromatic carbocycles. The molecule has 1 fully saturated rings. The minimum atomic E-state index is -3.35. The minimum Gasteiger partial charge on any atom is -0.316 e. The third kappa shape index (κ3) is 3.40. The Balaban J connectivity index is 2.12. The summed E-state index contributed by atoms with van der Waals surface area (Å²) in [6.45, 7) is 2.61. The van der Waals surface area contributed by atoms with Crippen molar-refractivity contribution in [3.05, 3.63) is 17.0 Å². The molecule has 1 aliphatic heterocycles. The van der Waals surface area contributed by atoms with Crippen LogP contribution in [0.1, 0.15) is 18.4 Å². The molecule has 2 heterocycles. The summed E-state index contributed by atoms with van der Waals surface area (Å²) in [5, 5.41) is 4.95. The number of sulfonamides is 1. The molecule has 0 spiro atoms. The molecule has 0 unspecified atom stereocenters. The first-order chi connectivity index (χ1) is 9.45. The van der Waals surface area contributed by atoms with Gasteiger partial charge in [0.25, 0.3) is 10.0 Å². The second-order valence-corrected chi connectivity index (χ2v) is 8.50. The van der Waals surface area contributed by atoms with Gasteiger partial charge < -0.3 is 10.2 Å². The molecule has 1 aromatic heterocycles. The summed E-state index contributed by atoms with van der Waals surface area (Å²) in [6.07, 6.45) is 1.81. The van der Waals surface area contributed by atoms with E-state index in [1.807, 2.05) is 12.4 Å². The SMILES string of the molecule is CNCc1csc(S(=O)(=O)N(C)C2CCN(C)CC2)c1. The Labute approximate surface area is 125 Å². The summed E-state index contributed by atoms with van der Waals surface area (Å²) < 4.78 is 27.3. The zero-order valence-electron chi connectivity index (χ0n) is 12.3. The van der Waals surface area contributed by atoms with Gasteiger partial charge in [-0.15, -0.1) is 11.3 Å². The molecule has 1 aromatic rings. The Bertz CT molecular complexity index is 534. The van der Waals surface area contributed by atoms with Crippen LogP contribution in [-0.4, -0.2) is 57.9 Å². The maximum Gasteiger partial charge on any atom is 0.252 e. The van der Waals surface area contributed by atoms with Crippen molar-refractivity contribution in [2.45, 2.75) is 29.6 Å². The quantitative estimate of drug-likeness (QED) is 0.886. The lowest BCUT2D eigenvalue weighted by Gasteiger charge is -2.34. The van der Waals surface area contributed by atoms with Crippen molar-refractivity contribution in [1.29, 1.82) is 0 Å². The smallest absolute Gasteiger partial charge is 0.252 e. The summed E-state index contributed by atoms with van der Waals surface area (Å²) >= 11 is 1.31. The van der Waals surface area contributed by atoms with Gasteiger partial charge in [0.1, 0.15) is 4.21 Å². The zero-order valence-corrected chi connectivity index (χ0v) is 13.9. The maximum atomic E-state index is 12.6. The Hall–Kier alpha value is -0.470. The van der Waals surface area contributed by atoms with E-state index in [4.69, 9.17) is 0 Å². The summed E-state index contributed by atoms with van der Waals surface area (Å²) in [4.78, 5) is 2.24. The van der Waals surface area contributed by atoms with E-state index in [1.165, 1.54) is 11.3 Å². The van der Waals surface area contributed by atoms with Crippen LogP contribution in [0.5, 0.6) is 0 Å². The molecule has 0 aliphatic carbocycles. The lowest BCUT2D eigenvalue weighted by molar-refractivity contribution is 0.198. The first-order valence-electron chi connectivity index (χ1n) is 6.83. The number of piperidine rings is 1. The van der Waals surface area contributed by atoms with Gasteiger partial charge in [-0.3, -0.25) is 0 Å². The number of nitrogens with zero attached hydrogens (tertiary/aromatic N) is 2. The minimum absolute atomic E-state index is 0.117. The lowest BCUT2D eigenvalue weighted by atomic mass is 10.1. The van der Waals surface area contributed by atoms with Gasteiger partial charge >= 0.3 is 0 Å². The van der Waals surface area contributed by atoms with Gasteiger partial charge in [0.15, 0.2) is 0 Å². The van der Waals surface area contributed by atoms with Crippen LogP contribution in [0.3, 0.4) is 0 Å². The molecule has 1 N–H and O–H groups in total. The highest BCUT2D eigenvalue weighted by molar-refractivity contribution is 7.91. The Morgan fingerprint density at radius 2 is 2.10 bits per heavy atom. The van der Waals surface area contributed by atoms with Gasteiger partial charge in [0.05, 0.1) is 0 Å². The number of rotatable bonds is 5. The molecule has 0 amide bonds. The molecule has 114 valence electrons. The second-order valence-electron chi connectivity index (χ2n) is 5.36. The average Bonchev–Trinajstić information content (AvgIpc) is 2.88. The number of likely N-dealkylation sites (tertiary alicyclic amines) is 1. The first-order valence-corrected chi connectivity index (χ1v) is 9.15. The van der Waals surface area contributed by atoms with Gasteiger partial charge in [-0.2, -0.15) is 4.31 Å².